The minimum Gasteiger partial charge on any atom is -0.489 e. The molecule has 0 aliphatic carbocycles. The zero-order chi connectivity index (χ0) is 23.0. The molecule has 3 aromatic carbocycles. The lowest BCUT2D eigenvalue weighted by molar-refractivity contribution is -0.119. The van der Waals surface area contributed by atoms with Crippen LogP contribution in [-0.4, -0.2) is 27.1 Å². The summed E-state index contributed by atoms with van der Waals surface area (Å²) in [5.41, 5.74) is 4.93. The number of sulfonamides is 1. The minimum atomic E-state index is -3.77. The third kappa shape index (κ3) is 7.19. The Labute approximate surface area is 192 Å². The van der Waals surface area contributed by atoms with E-state index in [4.69, 9.17) is 16.3 Å². The standard InChI is InChI=1S/C23H22ClN3O4S/c1-17-5-11-22(12-6-17)32(29,30)26-15-23(28)27-25-14-19-3-2-4-21(13-19)31-16-18-7-9-20(24)10-8-18/h2-14,26H,15-16H2,1H3,(H,27,28)/b25-14-. The predicted molar refractivity (Wildman–Crippen MR) is 124 cm³/mol. The van der Waals surface area contributed by atoms with Gasteiger partial charge in [0.2, 0.25) is 10.0 Å². The van der Waals surface area contributed by atoms with E-state index in [9.17, 15) is 13.2 Å². The van der Waals surface area contributed by atoms with Gasteiger partial charge in [0.1, 0.15) is 12.4 Å². The molecule has 0 saturated heterocycles. The molecule has 166 valence electrons. The molecule has 0 fully saturated rings. The third-order valence-corrected chi connectivity index (χ3v) is 6.00. The number of hydrazone groups is 1. The van der Waals surface area contributed by atoms with Gasteiger partial charge in [0.15, 0.2) is 0 Å². The molecule has 2 N–H and O–H groups in total. The highest BCUT2D eigenvalue weighted by atomic mass is 35.5. The molecule has 0 saturated carbocycles. The monoisotopic (exact) mass is 471 g/mol. The zero-order valence-corrected chi connectivity index (χ0v) is 18.9. The number of halogens is 1. The lowest BCUT2D eigenvalue weighted by Gasteiger charge is -2.07. The predicted octanol–water partition coefficient (Wildman–Crippen LogP) is 3.66. The molecule has 0 aliphatic heterocycles. The maximum Gasteiger partial charge on any atom is 0.255 e. The Morgan fingerprint density at radius 2 is 1.78 bits per heavy atom. The van der Waals surface area contributed by atoms with Crippen molar-refractivity contribution in [3.63, 3.8) is 0 Å². The van der Waals surface area contributed by atoms with Crippen molar-refractivity contribution in [2.75, 3.05) is 6.54 Å². The first-order valence-corrected chi connectivity index (χ1v) is 11.5. The van der Waals surface area contributed by atoms with Crippen molar-refractivity contribution in [1.82, 2.24) is 10.1 Å². The summed E-state index contributed by atoms with van der Waals surface area (Å²) in [7, 11) is -3.77. The number of hydrogen-bond donors (Lipinski definition) is 2. The van der Waals surface area contributed by atoms with Gasteiger partial charge in [0.05, 0.1) is 17.7 Å². The molecule has 0 heterocycles. The van der Waals surface area contributed by atoms with Crippen LogP contribution < -0.4 is 14.9 Å². The van der Waals surface area contributed by atoms with Crippen molar-refractivity contribution in [3.8, 4) is 5.75 Å². The molecule has 1 amide bonds. The summed E-state index contributed by atoms with van der Waals surface area (Å²) in [6.07, 6.45) is 1.45. The number of carbonyl (C=O) groups excluding carboxylic acids is 1. The Balaban J connectivity index is 1.48. The number of rotatable bonds is 9. The Hall–Kier alpha value is -3.20. The Morgan fingerprint density at radius 3 is 2.50 bits per heavy atom. The number of amides is 1. The van der Waals surface area contributed by atoms with E-state index in [2.05, 4.69) is 15.2 Å². The van der Waals surface area contributed by atoms with Gasteiger partial charge >= 0.3 is 0 Å². The number of carbonyl (C=O) groups is 1. The first-order chi connectivity index (χ1) is 15.3. The Bertz CT molecular complexity index is 1190. The van der Waals surface area contributed by atoms with Crippen LogP contribution in [0.25, 0.3) is 0 Å². The highest BCUT2D eigenvalue weighted by Crippen LogP contribution is 2.16. The van der Waals surface area contributed by atoms with E-state index >= 15 is 0 Å². The molecular weight excluding hydrogens is 450 g/mol. The summed E-state index contributed by atoms with van der Waals surface area (Å²) in [5.74, 6) is 0.0492. The second-order valence-electron chi connectivity index (χ2n) is 6.92. The summed E-state index contributed by atoms with van der Waals surface area (Å²) < 4.78 is 32.4. The van der Waals surface area contributed by atoms with Gasteiger partial charge in [0, 0.05) is 5.02 Å². The molecular formula is C23H22ClN3O4S. The summed E-state index contributed by atoms with van der Waals surface area (Å²) in [6.45, 7) is 1.81. The third-order valence-electron chi connectivity index (χ3n) is 4.33. The van der Waals surface area contributed by atoms with E-state index in [-0.39, 0.29) is 4.90 Å². The fourth-order valence-corrected chi connectivity index (χ4v) is 3.72. The number of hydrogen-bond acceptors (Lipinski definition) is 5. The van der Waals surface area contributed by atoms with Gasteiger partial charge < -0.3 is 4.74 Å². The van der Waals surface area contributed by atoms with E-state index < -0.39 is 22.5 Å². The molecule has 7 nitrogen and oxygen atoms in total. The summed E-state index contributed by atoms with van der Waals surface area (Å²) in [4.78, 5) is 12.0. The van der Waals surface area contributed by atoms with E-state index in [1.54, 1.807) is 42.5 Å². The first-order valence-electron chi connectivity index (χ1n) is 9.67. The van der Waals surface area contributed by atoms with E-state index in [1.165, 1.54) is 18.3 Å². The molecule has 0 unspecified atom stereocenters. The van der Waals surface area contributed by atoms with Gasteiger partial charge in [-0.05, 0) is 54.4 Å². The number of aryl methyl sites for hydroxylation is 1. The van der Waals surface area contributed by atoms with Crippen LogP contribution in [0.4, 0.5) is 0 Å². The number of nitrogens with one attached hydrogen (secondary N) is 2. The number of ether oxygens (including phenoxy) is 1. The van der Waals surface area contributed by atoms with Crippen molar-refractivity contribution in [2.45, 2.75) is 18.4 Å². The molecule has 0 spiro atoms. The molecule has 32 heavy (non-hydrogen) atoms. The van der Waals surface area contributed by atoms with Gasteiger partial charge in [-0.1, -0.05) is 53.6 Å². The van der Waals surface area contributed by atoms with Gasteiger partial charge in [-0.25, -0.2) is 18.6 Å². The maximum atomic E-state index is 12.2. The average Bonchev–Trinajstić information content (AvgIpc) is 2.78. The molecule has 0 aliphatic rings. The highest BCUT2D eigenvalue weighted by Gasteiger charge is 2.14. The lowest BCUT2D eigenvalue weighted by Crippen LogP contribution is -2.34. The van der Waals surface area contributed by atoms with Crippen LogP contribution >= 0.6 is 11.6 Å². The summed E-state index contributed by atoms with van der Waals surface area (Å²) in [6, 6.07) is 20.9. The van der Waals surface area contributed by atoms with Crippen LogP contribution in [0.1, 0.15) is 16.7 Å². The largest absolute Gasteiger partial charge is 0.489 e. The summed E-state index contributed by atoms with van der Waals surface area (Å²) >= 11 is 5.88. The van der Waals surface area contributed by atoms with Crippen molar-refractivity contribution < 1.29 is 17.9 Å². The molecule has 0 aromatic heterocycles. The van der Waals surface area contributed by atoms with Gasteiger partial charge in [0.25, 0.3) is 5.91 Å². The smallest absolute Gasteiger partial charge is 0.255 e. The van der Waals surface area contributed by atoms with E-state index in [1.807, 2.05) is 25.1 Å². The lowest BCUT2D eigenvalue weighted by atomic mass is 10.2. The highest BCUT2D eigenvalue weighted by molar-refractivity contribution is 7.89. The maximum absolute atomic E-state index is 12.2. The second-order valence-corrected chi connectivity index (χ2v) is 9.12. The van der Waals surface area contributed by atoms with Crippen molar-refractivity contribution in [3.05, 3.63) is 94.5 Å². The average molecular weight is 472 g/mol. The molecule has 0 bridgehead atoms. The van der Waals surface area contributed by atoms with Crippen LogP contribution in [-0.2, 0) is 21.4 Å². The fraction of sp³-hybridized carbons (Fsp3) is 0.130. The Morgan fingerprint density at radius 1 is 1.06 bits per heavy atom. The van der Waals surface area contributed by atoms with Crippen LogP contribution in [0, 0.1) is 6.92 Å². The first kappa shape index (κ1) is 23.5. The minimum absolute atomic E-state index is 0.0924. The van der Waals surface area contributed by atoms with Crippen LogP contribution in [0.5, 0.6) is 5.75 Å². The van der Waals surface area contributed by atoms with E-state index in [0.29, 0.717) is 22.9 Å². The van der Waals surface area contributed by atoms with Crippen LogP contribution in [0.15, 0.2) is 82.8 Å². The topological polar surface area (TPSA) is 96.9 Å². The van der Waals surface area contributed by atoms with E-state index in [0.717, 1.165) is 11.1 Å². The fourth-order valence-electron chi connectivity index (χ4n) is 2.61. The zero-order valence-electron chi connectivity index (χ0n) is 17.3. The van der Waals surface area contributed by atoms with Crippen molar-refractivity contribution in [1.29, 1.82) is 0 Å². The second kappa shape index (κ2) is 10.9. The number of benzene rings is 3. The quantitative estimate of drug-likeness (QED) is 0.367. The molecule has 3 aromatic rings. The molecule has 0 atom stereocenters. The SMILES string of the molecule is Cc1ccc(S(=O)(=O)NCC(=O)N/N=C\c2cccc(OCc3ccc(Cl)cc3)c2)cc1. The van der Waals surface area contributed by atoms with Gasteiger partial charge in [-0.15, -0.1) is 0 Å². The van der Waals surface area contributed by atoms with Gasteiger partial charge in [-0.3, -0.25) is 4.79 Å². The normalized spacial score (nSPS) is 11.4. The summed E-state index contributed by atoms with van der Waals surface area (Å²) in [5, 5.41) is 4.53. The van der Waals surface area contributed by atoms with Crippen LogP contribution in [0.3, 0.4) is 0 Å². The van der Waals surface area contributed by atoms with Crippen LogP contribution in [0.2, 0.25) is 5.02 Å². The molecule has 0 radical (unpaired) electrons. The van der Waals surface area contributed by atoms with Gasteiger partial charge in [-0.2, -0.15) is 5.10 Å². The Kier molecular flexibility index (Phi) is 7.99. The molecule has 3 rings (SSSR count). The molecule has 9 heteroatoms. The van der Waals surface area contributed by atoms with Crippen molar-refractivity contribution >= 4 is 33.7 Å². The number of nitrogens with zero attached hydrogens (tertiary/aromatic N) is 1. The van der Waals surface area contributed by atoms with Crippen molar-refractivity contribution in [2.24, 2.45) is 5.10 Å².